The molecule has 1 aromatic carbocycles. The van der Waals surface area contributed by atoms with Crippen molar-refractivity contribution >= 4 is 40.5 Å². The summed E-state index contributed by atoms with van der Waals surface area (Å²) in [6, 6.07) is 4.99. The first-order valence-corrected chi connectivity index (χ1v) is 7.47. The summed E-state index contributed by atoms with van der Waals surface area (Å²) >= 11 is 13.6. The second-order valence-electron chi connectivity index (χ2n) is 4.12. The monoisotopic (exact) mass is 330 g/mol. The molecule has 6 heteroatoms. The average Bonchev–Trinajstić information content (AvgIpc) is 2.76. The third kappa shape index (κ3) is 2.92. The molecule has 0 aliphatic heterocycles. The lowest BCUT2D eigenvalue weighted by Crippen LogP contribution is -1.93. The lowest BCUT2D eigenvalue weighted by Gasteiger charge is -2.10. The van der Waals surface area contributed by atoms with Crippen molar-refractivity contribution in [1.29, 1.82) is 0 Å². The van der Waals surface area contributed by atoms with Gasteiger partial charge in [0.05, 0.1) is 16.7 Å². The summed E-state index contributed by atoms with van der Waals surface area (Å²) in [6.45, 7) is 4.20. The number of benzene rings is 1. The molecular weight excluding hydrogens is 319 g/mol. The zero-order valence-electron chi connectivity index (χ0n) is 10.9. The Hall–Kier alpha value is -1.23. The molecule has 0 spiro atoms. The zero-order valence-corrected chi connectivity index (χ0v) is 13.2. The van der Waals surface area contributed by atoms with E-state index in [1.807, 2.05) is 13.8 Å². The van der Waals surface area contributed by atoms with E-state index in [0.29, 0.717) is 22.4 Å². The summed E-state index contributed by atoms with van der Waals surface area (Å²) in [5.74, 6) is -0.423. The number of thiophene rings is 1. The fourth-order valence-electron chi connectivity index (χ4n) is 1.82. The molecule has 20 heavy (non-hydrogen) atoms. The van der Waals surface area contributed by atoms with Crippen LogP contribution in [-0.2, 0) is 0 Å². The Bertz CT molecular complexity index is 665. The van der Waals surface area contributed by atoms with Gasteiger partial charge < -0.3 is 9.84 Å². The molecule has 3 nitrogen and oxygen atoms in total. The van der Waals surface area contributed by atoms with Crippen LogP contribution in [0.1, 0.15) is 22.2 Å². The Morgan fingerprint density at radius 2 is 2.00 bits per heavy atom. The van der Waals surface area contributed by atoms with Crippen LogP contribution in [0.5, 0.6) is 5.75 Å². The van der Waals surface area contributed by atoms with Crippen LogP contribution in [-0.4, -0.2) is 17.7 Å². The number of rotatable bonds is 4. The maximum Gasteiger partial charge on any atom is 0.345 e. The minimum Gasteiger partial charge on any atom is -0.492 e. The molecule has 0 atom stereocenters. The van der Waals surface area contributed by atoms with Gasteiger partial charge in [-0.1, -0.05) is 23.2 Å². The largest absolute Gasteiger partial charge is 0.492 e. The predicted octanol–water partition coefficient (Wildman–Crippen LogP) is 5.13. The van der Waals surface area contributed by atoms with E-state index in [9.17, 15) is 4.79 Å². The summed E-state index contributed by atoms with van der Waals surface area (Å²) < 4.78 is 5.37. The molecule has 0 saturated carbocycles. The molecule has 1 heterocycles. The van der Waals surface area contributed by atoms with Gasteiger partial charge in [0.15, 0.2) is 0 Å². The molecule has 1 aromatic heterocycles. The summed E-state index contributed by atoms with van der Waals surface area (Å²) in [7, 11) is 0. The normalized spacial score (nSPS) is 10.6. The number of ether oxygens (including phenoxy) is 1. The molecule has 0 aliphatic carbocycles. The van der Waals surface area contributed by atoms with Gasteiger partial charge in [0.25, 0.3) is 0 Å². The van der Waals surface area contributed by atoms with E-state index in [4.69, 9.17) is 33.0 Å². The Labute approximate surface area is 130 Å². The Balaban J connectivity index is 2.53. The first kappa shape index (κ1) is 15.2. The highest BCUT2D eigenvalue weighted by Gasteiger charge is 2.17. The maximum absolute atomic E-state index is 11.0. The fourth-order valence-corrected chi connectivity index (χ4v) is 3.39. The number of hydrogen-bond donors (Lipinski definition) is 1. The first-order chi connectivity index (χ1) is 9.43. The van der Waals surface area contributed by atoms with Gasteiger partial charge in [-0.15, -0.1) is 11.3 Å². The van der Waals surface area contributed by atoms with Gasteiger partial charge in [-0.05, 0) is 31.5 Å². The molecular formula is C14H12Cl2O3S. The summed E-state index contributed by atoms with van der Waals surface area (Å²) in [5.41, 5.74) is 1.57. The minimum atomic E-state index is -0.947. The van der Waals surface area contributed by atoms with Crippen LogP contribution in [0.15, 0.2) is 18.2 Å². The van der Waals surface area contributed by atoms with Gasteiger partial charge >= 0.3 is 5.97 Å². The molecule has 106 valence electrons. The number of carboxylic acids is 1. The van der Waals surface area contributed by atoms with Gasteiger partial charge in [-0.2, -0.15) is 0 Å². The van der Waals surface area contributed by atoms with E-state index < -0.39 is 5.97 Å². The molecule has 2 rings (SSSR count). The van der Waals surface area contributed by atoms with Crippen molar-refractivity contribution in [2.75, 3.05) is 6.61 Å². The van der Waals surface area contributed by atoms with Crippen LogP contribution in [0.2, 0.25) is 10.0 Å². The van der Waals surface area contributed by atoms with E-state index in [1.54, 1.807) is 18.2 Å². The Morgan fingerprint density at radius 3 is 2.55 bits per heavy atom. The van der Waals surface area contributed by atoms with E-state index in [-0.39, 0.29) is 4.88 Å². The summed E-state index contributed by atoms with van der Waals surface area (Å²) in [5, 5.41) is 9.98. The smallest absolute Gasteiger partial charge is 0.345 e. The molecule has 2 aromatic rings. The van der Waals surface area contributed by atoms with Crippen molar-refractivity contribution < 1.29 is 14.6 Å². The predicted molar refractivity (Wildman–Crippen MR) is 82.6 cm³/mol. The van der Waals surface area contributed by atoms with Gasteiger partial charge in [0, 0.05) is 16.5 Å². The van der Waals surface area contributed by atoms with Crippen molar-refractivity contribution in [3.05, 3.63) is 38.7 Å². The molecule has 0 radical (unpaired) electrons. The van der Waals surface area contributed by atoms with E-state index >= 15 is 0 Å². The van der Waals surface area contributed by atoms with Crippen LogP contribution in [0, 0.1) is 6.92 Å². The second kappa shape index (κ2) is 6.04. The van der Waals surface area contributed by atoms with Crippen molar-refractivity contribution in [3.8, 4) is 16.2 Å². The first-order valence-electron chi connectivity index (χ1n) is 5.90. The average molecular weight is 331 g/mol. The Morgan fingerprint density at radius 1 is 1.30 bits per heavy atom. The second-order valence-corrected chi connectivity index (χ2v) is 5.99. The van der Waals surface area contributed by atoms with Gasteiger partial charge in [0.1, 0.15) is 10.6 Å². The van der Waals surface area contributed by atoms with E-state index in [1.165, 1.54) is 11.3 Å². The zero-order chi connectivity index (χ0) is 14.9. The lowest BCUT2D eigenvalue weighted by atomic mass is 10.1. The number of halogens is 2. The van der Waals surface area contributed by atoms with E-state index in [2.05, 4.69) is 0 Å². The highest BCUT2D eigenvalue weighted by Crippen LogP contribution is 2.41. The molecule has 0 aliphatic rings. The topological polar surface area (TPSA) is 46.5 Å². The molecule has 1 N–H and O–H groups in total. The van der Waals surface area contributed by atoms with Gasteiger partial charge in [0.2, 0.25) is 0 Å². The standard InChI is InChI=1S/C14H12Cl2O3S/c1-3-19-11-6-9(15)8(5-10(11)16)13-7(2)4-12(20-13)14(17)18/h4-6H,3H2,1-2H3,(H,17,18). The highest BCUT2D eigenvalue weighted by atomic mass is 35.5. The van der Waals surface area contributed by atoms with Crippen molar-refractivity contribution in [2.24, 2.45) is 0 Å². The van der Waals surface area contributed by atoms with E-state index in [0.717, 1.165) is 16.0 Å². The van der Waals surface area contributed by atoms with Crippen LogP contribution in [0.25, 0.3) is 10.4 Å². The number of hydrogen-bond acceptors (Lipinski definition) is 3. The number of carboxylic acid groups (broad SMARTS) is 1. The number of aryl methyl sites for hydroxylation is 1. The molecule has 0 bridgehead atoms. The summed E-state index contributed by atoms with van der Waals surface area (Å²) in [6.07, 6.45) is 0. The lowest BCUT2D eigenvalue weighted by molar-refractivity contribution is 0.0702. The molecule has 0 unspecified atom stereocenters. The number of aromatic carboxylic acids is 1. The highest BCUT2D eigenvalue weighted by molar-refractivity contribution is 7.17. The Kier molecular flexibility index (Phi) is 4.58. The molecule has 0 saturated heterocycles. The fraction of sp³-hybridized carbons (Fsp3) is 0.214. The van der Waals surface area contributed by atoms with Crippen molar-refractivity contribution in [1.82, 2.24) is 0 Å². The SMILES string of the molecule is CCOc1cc(Cl)c(-c2sc(C(=O)O)cc2C)cc1Cl. The van der Waals surface area contributed by atoms with Crippen molar-refractivity contribution in [2.45, 2.75) is 13.8 Å². The van der Waals surface area contributed by atoms with Crippen LogP contribution in [0.4, 0.5) is 0 Å². The van der Waals surface area contributed by atoms with Crippen LogP contribution >= 0.6 is 34.5 Å². The summed E-state index contributed by atoms with van der Waals surface area (Å²) in [4.78, 5) is 12.1. The minimum absolute atomic E-state index is 0.276. The quantitative estimate of drug-likeness (QED) is 0.845. The molecule has 0 fully saturated rings. The van der Waals surface area contributed by atoms with Crippen LogP contribution < -0.4 is 4.74 Å². The van der Waals surface area contributed by atoms with Gasteiger partial charge in [-0.25, -0.2) is 4.79 Å². The molecule has 0 amide bonds. The van der Waals surface area contributed by atoms with Crippen molar-refractivity contribution in [3.63, 3.8) is 0 Å². The van der Waals surface area contributed by atoms with Gasteiger partial charge in [-0.3, -0.25) is 0 Å². The third-order valence-electron chi connectivity index (χ3n) is 2.69. The third-order valence-corrected chi connectivity index (χ3v) is 4.56. The maximum atomic E-state index is 11.0. The van der Waals surface area contributed by atoms with Crippen LogP contribution in [0.3, 0.4) is 0 Å². The number of carbonyl (C=O) groups is 1.